The second kappa shape index (κ2) is 6.15. The molecule has 0 aliphatic carbocycles. The molecule has 100 valence electrons. The van der Waals surface area contributed by atoms with Gasteiger partial charge in [0.1, 0.15) is 5.82 Å². The van der Waals surface area contributed by atoms with Crippen LogP contribution in [0.3, 0.4) is 0 Å². The number of aryl methyl sites for hydroxylation is 1. The van der Waals surface area contributed by atoms with Crippen molar-refractivity contribution in [3.63, 3.8) is 0 Å². The lowest BCUT2D eigenvalue weighted by molar-refractivity contribution is 0.989. The zero-order valence-electron chi connectivity index (χ0n) is 11.5. The van der Waals surface area contributed by atoms with E-state index in [-0.39, 0.29) is 0 Å². The van der Waals surface area contributed by atoms with E-state index >= 15 is 0 Å². The minimum atomic E-state index is 0.770. The predicted molar refractivity (Wildman–Crippen MR) is 83.4 cm³/mol. The third-order valence-corrected chi connectivity index (χ3v) is 3.49. The van der Waals surface area contributed by atoms with Gasteiger partial charge in [0, 0.05) is 27.8 Å². The first-order valence-electron chi connectivity index (χ1n) is 6.53. The first kappa shape index (κ1) is 14.0. The molecule has 0 bridgehead atoms. The molecule has 3 nitrogen and oxygen atoms in total. The third-order valence-electron chi connectivity index (χ3n) is 2.99. The Balaban J connectivity index is 2.53. The number of anilines is 1. The van der Waals surface area contributed by atoms with Crippen molar-refractivity contribution < 1.29 is 0 Å². The zero-order chi connectivity index (χ0) is 13.8. The summed E-state index contributed by atoms with van der Waals surface area (Å²) in [6.45, 7) is 7.12. The third kappa shape index (κ3) is 3.13. The minimum absolute atomic E-state index is 0.770. The highest BCUT2D eigenvalue weighted by Crippen LogP contribution is 2.24. The molecule has 2 aromatic rings. The number of rotatable bonds is 4. The predicted octanol–water partition coefficient (Wildman–Crippen LogP) is 4.21. The Hall–Kier alpha value is -1.42. The van der Waals surface area contributed by atoms with Crippen LogP contribution in [-0.4, -0.2) is 16.5 Å². The molecule has 1 aromatic heterocycles. The maximum Gasteiger partial charge on any atom is 0.161 e. The molecule has 4 heteroatoms. The largest absolute Gasteiger partial charge is 0.370 e. The van der Waals surface area contributed by atoms with Gasteiger partial charge in [-0.25, -0.2) is 9.97 Å². The maximum atomic E-state index is 4.66. The van der Waals surface area contributed by atoms with E-state index in [1.165, 1.54) is 5.56 Å². The Labute approximate surface area is 122 Å². The summed E-state index contributed by atoms with van der Waals surface area (Å²) in [4.78, 5) is 9.29. The van der Waals surface area contributed by atoms with Crippen LogP contribution in [-0.2, 0) is 6.42 Å². The van der Waals surface area contributed by atoms with E-state index in [2.05, 4.69) is 45.1 Å². The molecule has 0 unspecified atom stereocenters. The molecule has 0 radical (unpaired) electrons. The zero-order valence-corrected chi connectivity index (χ0v) is 13.1. The fourth-order valence-electron chi connectivity index (χ4n) is 2.09. The number of nitrogens with zero attached hydrogens (tertiary/aromatic N) is 2. The highest BCUT2D eigenvalue weighted by atomic mass is 79.9. The van der Waals surface area contributed by atoms with Crippen molar-refractivity contribution in [3.8, 4) is 11.4 Å². The van der Waals surface area contributed by atoms with Gasteiger partial charge in [-0.3, -0.25) is 0 Å². The summed E-state index contributed by atoms with van der Waals surface area (Å²) in [7, 11) is 0. The van der Waals surface area contributed by atoms with Gasteiger partial charge < -0.3 is 5.32 Å². The van der Waals surface area contributed by atoms with Gasteiger partial charge >= 0.3 is 0 Å². The van der Waals surface area contributed by atoms with Gasteiger partial charge in [-0.15, -0.1) is 0 Å². The highest BCUT2D eigenvalue weighted by Gasteiger charge is 2.11. The molecule has 0 spiro atoms. The van der Waals surface area contributed by atoms with E-state index in [0.717, 1.165) is 40.3 Å². The molecular weight excluding hydrogens is 302 g/mol. The van der Waals surface area contributed by atoms with E-state index in [1.807, 2.05) is 31.2 Å². The van der Waals surface area contributed by atoms with Crippen LogP contribution in [0.4, 0.5) is 5.82 Å². The van der Waals surface area contributed by atoms with Crippen LogP contribution in [0.25, 0.3) is 11.4 Å². The van der Waals surface area contributed by atoms with Crippen LogP contribution in [0.2, 0.25) is 0 Å². The Morgan fingerprint density at radius 3 is 2.63 bits per heavy atom. The van der Waals surface area contributed by atoms with Gasteiger partial charge in [-0.1, -0.05) is 35.0 Å². The van der Waals surface area contributed by atoms with Crippen molar-refractivity contribution in [1.29, 1.82) is 0 Å². The topological polar surface area (TPSA) is 37.8 Å². The van der Waals surface area contributed by atoms with Gasteiger partial charge in [0.25, 0.3) is 0 Å². The first-order chi connectivity index (χ1) is 9.15. The summed E-state index contributed by atoms with van der Waals surface area (Å²) in [5, 5.41) is 3.33. The highest BCUT2D eigenvalue weighted by molar-refractivity contribution is 9.10. The smallest absolute Gasteiger partial charge is 0.161 e. The summed E-state index contributed by atoms with van der Waals surface area (Å²) >= 11 is 3.48. The quantitative estimate of drug-likeness (QED) is 0.917. The van der Waals surface area contributed by atoms with Crippen LogP contribution in [0.15, 0.2) is 28.7 Å². The molecular formula is C15H18BrN3. The lowest BCUT2D eigenvalue weighted by Crippen LogP contribution is -2.07. The van der Waals surface area contributed by atoms with Gasteiger partial charge in [-0.2, -0.15) is 0 Å². The molecule has 2 rings (SSSR count). The number of aromatic nitrogens is 2. The second-order valence-electron chi connectivity index (χ2n) is 4.35. The van der Waals surface area contributed by atoms with Crippen LogP contribution >= 0.6 is 15.9 Å². The molecule has 1 N–H and O–H groups in total. The van der Waals surface area contributed by atoms with Gasteiger partial charge in [0.05, 0.1) is 0 Å². The molecule has 1 aromatic carbocycles. The lowest BCUT2D eigenvalue weighted by atomic mass is 10.1. The summed E-state index contributed by atoms with van der Waals surface area (Å²) in [5.41, 5.74) is 3.27. The van der Waals surface area contributed by atoms with Gasteiger partial charge in [0.2, 0.25) is 0 Å². The summed E-state index contributed by atoms with van der Waals surface area (Å²) in [5.74, 6) is 1.72. The van der Waals surface area contributed by atoms with Crippen molar-refractivity contribution in [3.05, 3.63) is 40.0 Å². The molecule has 1 heterocycles. The number of nitrogens with one attached hydrogen (secondary N) is 1. The molecule has 0 atom stereocenters. The lowest BCUT2D eigenvalue weighted by Gasteiger charge is -2.13. The molecule has 0 aliphatic heterocycles. The molecule has 0 saturated carbocycles. The summed E-state index contributed by atoms with van der Waals surface area (Å²) < 4.78 is 1.04. The van der Waals surface area contributed by atoms with Crippen LogP contribution < -0.4 is 5.32 Å². The van der Waals surface area contributed by atoms with E-state index in [4.69, 9.17) is 0 Å². The molecule has 19 heavy (non-hydrogen) atoms. The summed E-state index contributed by atoms with van der Waals surface area (Å²) in [6, 6.07) is 8.07. The fraction of sp³-hybridized carbons (Fsp3) is 0.333. The average Bonchev–Trinajstić information content (AvgIpc) is 2.39. The fourth-order valence-corrected chi connectivity index (χ4v) is 2.49. The van der Waals surface area contributed by atoms with E-state index in [1.54, 1.807) is 0 Å². The number of hydrogen-bond acceptors (Lipinski definition) is 3. The molecule has 0 aliphatic rings. The average molecular weight is 320 g/mol. The van der Waals surface area contributed by atoms with Crippen molar-refractivity contribution in [1.82, 2.24) is 9.97 Å². The monoisotopic (exact) mass is 319 g/mol. The maximum absolute atomic E-state index is 4.66. The Morgan fingerprint density at radius 2 is 2.00 bits per heavy atom. The van der Waals surface area contributed by atoms with Crippen molar-refractivity contribution in [2.24, 2.45) is 0 Å². The minimum Gasteiger partial charge on any atom is -0.370 e. The van der Waals surface area contributed by atoms with Crippen LogP contribution in [0.5, 0.6) is 0 Å². The molecule has 0 fully saturated rings. The van der Waals surface area contributed by atoms with Crippen LogP contribution in [0, 0.1) is 6.92 Å². The standard InChI is InChI=1S/C15H18BrN3/c1-4-13-10(3)18-14(19-15(13)17-5-2)11-7-6-8-12(16)9-11/h6-9H,4-5H2,1-3H3,(H,17,18,19). The van der Waals surface area contributed by atoms with Crippen molar-refractivity contribution >= 4 is 21.7 Å². The van der Waals surface area contributed by atoms with Gasteiger partial charge in [0.15, 0.2) is 5.82 Å². The Bertz CT molecular complexity index is 582. The van der Waals surface area contributed by atoms with Gasteiger partial charge in [-0.05, 0) is 32.4 Å². The van der Waals surface area contributed by atoms with E-state index in [9.17, 15) is 0 Å². The first-order valence-corrected chi connectivity index (χ1v) is 7.32. The van der Waals surface area contributed by atoms with Crippen LogP contribution in [0.1, 0.15) is 25.1 Å². The molecule has 0 amide bonds. The second-order valence-corrected chi connectivity index (χ2v) is 5.27. The summed E-state index contributed by atoms with van der Waals surface area (Å²) in [6.07, 6.45) is 0.937. The van der Waals surface area contributed by atoms with E-state index < -0.39 is 0 Å². The van der Waals surface area contributed by atoms with Crippen molar-refractivity contribution in [2.75, 3.05) is 11.9 Å². The van der Waals surface area contributed by atoms with Crippen molar-refractivity contribution in [2.45, 2.75) is 27.2 Å². The normalized spacial score (nSPS) is 10.5. The SMILES string of the molecule is CCNc1nc(-c2cccc(Br)c2)nc(C)c1CC. The Kier molecular flexibility index (Phi) is 4.53. The number of hydrogen-bond donors (Lipinski definition) is 1. The Morgan fingerprint density at radius 1 is 1.21 bits per heavy atom. The molecule has 0 saturated heterocycles. The number of halogens is 1. The van der Waals surface area contributed by atoms with E-state index in [0.29, 0.717) is 0 Å². The number of benzene rings is 1.